The maximum Gasteiger partial charge on any atom is -0.00264 e. The highest BCUT2D eigenvalue weighted by Gasteiger charge is 2.17. The number of allylic oxidation sites excluding steroid dienone is 4. The van der Waals surface area contributed by atoms with E-state index in [1.165, 1.54) is 60.5 Å². The Morgan fingerprint density at radius 2 is 1.00 bits per heavy atom. The third kappa shape index (κ3) is 4.94. The van der Waals surface area contributed by atoms with Gasteiger partial charge in [-0.25, -0.2) is 0 Å². The van der Waals surface area contributed by atoms with Crippen molar-refractivity contribution in [2.45, 2.75) is 20.3 Å². The third-order valence-corrected chi connectivity index (χ3v) is 8.08. The molecular formula is C41H34. The molecule has 0 spiro atoms. The number of benzene rings is 6. The third-order valence-electron chi connectivity index (χ3n) is 8.08. The van der Waals surface area contributed by atoms with Crippen molar-refractivity contribution in [1.29, 1.82) is 0 Å². The van der Waals surface area contributed by atoms with Gasteiger partial charge in [-0.1, -0.05) is 154 Å². The van der Waals surface area contributed by atoms with Gasteiger partial charge in [-0.15, -0.1) is 0 Å². The van der Waals surface area contributed by atoms with E-state index in [2.05, 4.69) is 160 Å². The number of rotatable bonds is 7. The molecule has 0 atom stereocenters. The average molecular weight is 527 g/mol. The lowest BCUT2D eigenvalue weighted by Crippen LogP contribution is -1.94. The monoisotopic (exact) mass is 526 g/mol. The maximum atomic E-state index is 4.51. The molecule has 0 nitrogen and oxygen atoms in total. The van der Waals surface area contributed by atoms with Gasteiger partial charge in [-0.3, -0.25) is 0 Å². The first kappa shape index (κ1) is 26.3. The molecule has 0 aliphatic carbocycles. The summed E-state index contributed by atoms with van der Waals surface area (Å²) in [5.41, 5.74) is 11.9. The summed E-state index contributed by atoms with van der Waals surface area (Å²) < 4.78 is 0. The molecule has 0 aliphatic heterocycles. The van der Waals surface area contributed by atoms with Crippen molar-refractivity contribution in [2.75, 3.05) is 0 Å². The summed E-state index contributed by atoms with van der Waals surface area (Å²) in [7, 11) is 0. The molecule has 0 amide bonds. The van der Waals surface area contributed by atoms with Crippen LogP contribution in [0.25, 0.3) is 60.5 Å². The topological polar surface area (TPSA) is 0 Å². The zero-order valence-corrected chi connectivity index (χ0v) is 23.8. The molecule has 198 valence electrons. The molecule has 0 saturated carbocycles. The summed E-state index contributed by atoms with van der Waals surface area (Å²) in [5, 5.41) is 5.01. The van der Waals surface area contributed by atoms with E-state index in [-0.39, 0.29) is 0 Å². The molecule has 0 saturated heterocycles. The summed E-state index contributed by atoms with van der Waals surface area (Å²) in [6.07, 6.45) is 3.15. The van der Waals surface area contributed by atoms with Crippen molar-refractivity contribution in [3.8, 4) is 22.3 Å². The lowest BCUT2D eigenvalue weighted by atomic mass is 9.85. The Morgan fingerprint density at radius 1 is 0.537 bits per heavy atom. The highest BCUT2D eigenvalue weighted by Crippen LogP contribution is 2.42. The summed E-state index contributed by atoms with van der Waals surface area (Å²) in [6.45, 7) is 13.2. The summed E-state index contributed by atoms with van der Waals surface area (Å²) in [6, 6.07) is 45.6. The van der Waals surface area contributed by atoms with Gasteiger partial charge in [0.25, 0.3) is 0 Å². The zero-order valence-electron chi connectivity index (χ0n) is 23.8. The van der Waals surface area contributed by atoms with Crippen LogP contribution >= 0.6 is 0 Å². The van der Waals surface area contributed by atoms with E-state index in [9.17, 15) is 0 Å². The van der Waals surface area contributed by atoms with Crippen LogP contribution in [0.1, 0.15) is 37.0 Å². The lowest BCUT2D eigenvalue weighted by Gasteiger charge is -2.19. The number of fused-ring (bicyclic) bond motifs is 2. The van der Waals surface area contributed by atoms with Crippen LogP contribution in [0.2, 0.25) is 0 Å². The Bertz CT molecular complexity index is 1880. The first-order valence-electron chi connectivity index (χ1n) is 14.3. The van der Waals surface area contributed by atoms with Gasteiger partial charge in [0.2, 0.25) is 0 Å². The second kappa shape index (κ2) is 11.3. The van der Waals surface area contributed by atoms with Gasteiger partial charge in [-0.05, 0) is 90.6 Å². The molecule has 0 radical (unpaired) electrons. The van der Waals surface area contributed by atoms with Crippen LogP contribution in [0.5, 0.6) is 0 Å². The fourth-order valence-electron chi connectivity index (χ4n) is 6.00. The van der Waals surface area contributed by atoms with Crippen molar-refractivity contribution in [3.05, 3.63) is 163 Å². The van der Waals surface area contributed by atoms with Crippen molar-refractivity contribution in [2.24, 2.45) is 0 Å². The fourth-order valence-corrected chi connectivity index (χ4v) is 6.00. The second-order valence-electron chi connectivity index (χ2n) is 10.6. The van der Waals surface area contributed by atoms with Crippen molar-refractivity contribution in [3.63, 3.8) is 0 Å². The minimum Gasteiger partial charge on any atom is -0.0952 e. The molecule has 6 aromatic rings. The first-order chi connectivity index (χ1) is 20.1. The van der Waals surface area contributed by atoms with E-state index < -0.39 is 0 Å². The molecule has 0 fully saturated rings. The van der Waals surface area contributed by atoms with Crippen LogP contribution in [0.15, 0.2) is 147 Å². The molecule has 6 rings (SSSR count). The predicted molar refractivity (Wildman–Crippen MR) is 181 cm³/mol. The van der Waals surface area contributed by atoms with Crippen LogP contribution in [-0.4, -0.2) is 0 Å². The van der Waals surface area contributed by atoms with Crippen molar-refractivity contribution < 1.29 is 0 Å². The average Bonchev–Trinajstić information content (AvgIpc) is 3.03. The molecule has 6 aromatic carbocycles. The van der Waals surface area contributed by atoms with Crippen LogP contribution in [-0.2, 0) is 0 Å². The van der Waals surface area contributed by atoms with E-state index in [1.807, 2.05) is 0 Å². The normalized spacial score (nSPS) is 11.6. The van der Waals surface area contributed by atoms with E-state index in [0.29, 0.717) is 0 Å². The Labute approximate surface area is 243 Å². The molecule has 0 bridgehead atoms. The molecule has 0 N–H and O–H groups in total. The van der Waals surface area contributed by atoms with Gasteiger partial charge in [0, 0.05) is 0 Å². The highest BCUT2D eigenvalue weighted by molar-refractivity contribution is 6.19. The van der Waals surface area contributed by atoms with Gasteiger partial charge in [0.15, 0.2) is 0 Å². The Kier molecular flexibility index (Phi) is 7.23. The number of hydrogen-bond donors (Lipinski definition) is 0. The van der Waals surface area contributed by atoms with Crippen LogP contribution in [0.3, 0.4) is 0 Å². The predicted octanol–water partition coefficient (Wildman–Crippen LogP) is 11.9. The van der Waals surface area contributed by atoms with Gasteiger partial charge in [-0.2, -0.15) is 0 Å². The smallest absolute Gasteiger partial charge is 0.00264 e. The van der Waals surface area contributed by atoms with E-state index >= 15 is 0 Å². The molecule has 0 unspecified atom stereocenters. The van der Waals surface area contributed by atoms with Gasteiger partial charge in [0.1, 0.15) is 0 Å². The van der Waals surface area contributed by atoms with E-state index in [0.717, 1.165) is 23.1 Å². The lowest BCUT2D eigenvalue weighted by molar-refractivity contribution is 1.24. The Morgan fingerprint density at radius 3 is 1.59 bits per heavy atom. The Hall–Kier alpha value is -4.94. The quantitative estimate of drug-likeness (QED) is 0.143. The highest BCUT2D eigenvalue weighted by atomic mass is 14.2. The molecule has 0 heteroatoms. The molecule has 0 aliphatic rings. The largest absolute Gasteiger partial charge is 0.0952 e. The van der Waals surface area contributed by atoms with Crippen molar-refractivity contribution in [1.82, 2.24) is 0 Å². The standard InChI is InChI=1S/C41H34/c1-5-28(2)34-17-9-10-18-35(34)29(3)27-30(4)40-36-19-11-13-21-38(36)41(39-22-14-12-20-37(39)40)33-25-23-32(24-26-33)31-15-7-6-8-16-31/h6-27H,2-3,5H2,1,4H3/b30-27+. The first-order valence-corrected chi connectivity index (χ1v) is 14.3. The van der Waals surface area contributed by atoms with Crippen molar-refractivity contribution >= 4 is 38.3 Å². The molecule has 0 heterocycles. The summed E-state index contributed by atoms with van der Waals surface area (Å²) in [5.74, 6) is 0. The second-order valence-corrected chi connectivity index (χ2v) is 10.6. The summed E-state index contributed by atoms with van der Waals surface area (Å²) >= 11 is 0. The minimum atomic E-state index is 0.913. The van der Waals surface area contributed by atoms with E-state index in [1.54, 1.807) is 0 Å². The molecule has 41 heavy (non-hydrogen) atoms. The summed E-state index contributed by atoms with van der Waals surface area (Å²) in [4.78, 5) is 0. The van der Waals surface area contributed by atoms with Crippen LogP contribution in [0.4, 0.5) is 0 Å². The molecule has 0 aromatic heterocycles. The maximum absolute atomic E-state index is 4.51. The minimum absolute atomic E-state index is 0.913. The SMILES string of the molecule is C=C(/C=C(\C)c1c2ccccc2c(-c2ccc(-c3ccccc3)cc2)c2ccccc12)c1ccccc1C(=C)CC. The van der Waals surface area contributed by atoms with Gasteiger partial charge < -0.3 is 0 Å². The van der Waals surface area contributed by atoms with E-state index in [4.69, 9.17) is 0 Å². The van der Waals surface area contributed by atoms with Gasteiger partial charge >= 0.3 is 0 Å². The molecular weight excluding hydrogens is 492 g/mol. The van der Waals surface area contributed by atoms with Crippen LogP contribution in [0, 0.1) is 0 Å². The number of hydrogen-bond acceptors (Lipinski definition) is 0. The van der Waals surface area contributed by atoms with Crippen LogP contribution < -0.4 is 0 Å². The van der Waals surface area contributed by atoms with Gasteiger partial charge in [0.05, 0.1) is 0 Å². The fraction of sp³-hybridized carbons (Fsp3) is 0.0732. The Balaban J connectivity index is 1.53. The zero-order chi connectivity index (χ0) is 28.3.